The van der Waals surface area contributed by atoms with Gasteiger partial charge in [0.25, 0.3) is 0 Å². The molecule has 9 heteroatoms. The second kappa shape index (κ2) is 6.66. The predicted octanol–water partition coefficient (Wildman–Crippen LogP) is 1.11. The molecule has 1 fully saturated rings. The van der Waals surface area contributed by atoms with E-state index in [0.29, 0.717) is 31.6 Å². The van der Waals surface area contributed by atoms with Gasteiger partial charge < -0.3 is 15.4 Å². The second-order valence-electron chi connectivity index (χ2n) is 5.39. The lowest BCUT2D eigenvalue weighted by molar-refractivity contribution is -0.141. The number of nitrogens with one attached hydrogen (secondary N) is 1. The molecular formula is C13H19F3N4O2. The zero-order chi connectivity index (χ0) is 16.3. The number of hydrogen-bond acceptors (Lipinski definition) is 4. The number of carbonyl (C=O) groups is 1. The van der Waals surface area contributed by atoms with E-state index in [4.69, 9.17) is 10.5 Å². The number of amides is 1. The Bertz CT molecular complexity index is 518. The molecule has 0 saturated carbocycles. The number of halogens is 3. The molecule has 1 amide bonds. The van der Waals surface area contributed by atoms with Crippen molar-refractivity contribution >= 4 is 5.91 Å². The number of piperidine rings is 1. The summed E-state index contributed by atoms with van der Waals surface area (Å²) in [6.07, 6.45) is -3.07. The average Bonchev–Trinajstić information content (AvgIpc) is 2.97. The molecular weight excluding hydrogens is 301 g/mol. The molecule has 1 aliphatic heterocycles. The van der Waals surface area contributed by atoms with E-state index in [1.165, 1.54) is 7.11 Å². The number of aromatic amines is 1. The van der Waals surface area contributed by atoms with Crippen molar-refractivity contribution in [1.29, 1.82) is 0 Å². The van der Waals surface area contributed by atoms with Crippen LogP contribution in [0.3, 0.4) is 0 Å². The summed E-state index contributed by atoms with van der Waals surface area (Å²) in [6.45, 7) is 0.991. The smallest absolute Gasteiger partial charge is 0.383 e. The van der Waals surface area contributed by atoms with Crippen LogP contribution < -0.4 is 5.73 Å². The van der Waals surface area contributed by atoms with Crippen LogP contribution in [0.1, 0.15) is 30.1 Å². The number of aromatic nitrogens is 2. The van der Waals surface area contributed by atoms with Crippen molar-refractivity contribution < 1.29 is 22.7 Å². The monoisotopic (exact) mass is 320 g/mol. The quantitative estimate of drug-likeness (QED) is 0.870. The highest BCUT2D eigenvalue weighted by molar-refractivity contribution is 5.82. The van der Waals surface area contributed by atoms with Crippen molar-refractivity contribution in [2.45, 2.75) is 31.0 Å². The lowest BCUT2D eigenvalue weighted by Gasteiger charge is -2.33. The van der Waals surface area contributed by atoms with E-state index in [1.54, 1.807) is 4.90 Å². The molecule has 124 valence electrons. The Morgan fingerprint density at radius 2 is 2.36 bits per heavy atom. The van der Waals surface area contributed by atoms with E-state index in [2.05, 4.69) is 10.2 Å². The number of methoxy groups -OCH3 is 1. The van der Waals surface area contributed by atoms with Crippen molar-refractivity contribution in [2.75, 3.05) is 26.8 Å². The molecule has 0 radical (unpaired) electrons. The third kappa shape index (κ3) is 3.77. The molecule has 1 aromatic heterocycles. The molecule has 22 heavy (non-hydrogen) atoms. The molecule has 3 N–H and O–H groups in total. The first kappa shape index (κ1) is 16.8. The maximum atomic E-state index is 12.6. The Labute approximate surface area is 125 Å². The predicted molar refractivity (Wildman–Crippen MR) is 72.0 cm³/mol. The average molecular weight is 320 g/mol. The zero-order valence-corrected chi connectivity index (χ0v) is 12.2. The fourth-order valence-electron chi connectivity index (χ4n) is 2.61. The Morgan fingerprint density at radius 1 is 1.64 bits per heavy atom. The fraction of sp³-hybridized carbons (Fsp3) is 0.692. The number of hydrogen-bond donors (Lipinski definition) is 2. The number of ether oxygens (including phenoxy) is 1. The van der Waals surface area contributed by atoms with E-state index in [9.17, 15) is 18.0 Å². The Hall–Kier alpha value is -1.61. The molecule has 1 aliphatic rings. The fourth-order valence-corrected chi connectivity index (χ4v) is 2.61. The third-order valence-electron chi connectivity index (χ3n) is 3.72. The number of nitrogens with two attached hydrogens (primary N) is 1. The van der Waals surface area contributed by atoms with Crippen molar-refractivity contribution in [3.63, 3.8) is 0 Å². The lowest BCUT2D eigenvalue weighted by Crippen LogP contribution is -2.49. The summed E-state index contributed by atoms with van der Waals surface area (Å²) in [5.74, 6) is -0.446. The minimum atomic E-state index is -4.47. The molecule has 0 aliphatic carbocycles. The van der Waals surface area contributed by atoms with Crippen LogP contribution in [0.25, 0.3) is 0 Å². The molecule has 0 aromatic carbocycles. The van der Waals surface area contributed by atoms with Crippen LogP contribution >= 0.6 is 0 Å². The van der Waals surface area contributed by atoms with Crippen LogP contribution in [-0.2, 0) is 15.7 Å². The number of carbonyl (C=O) groups excluding carboxylic acids is 1. The normalized spacial score (nSPS) is 21.0. The Kier molecular flexibility index (Phi) is 5.07. The van der Waals surface area contributed by atoms with Gasteiger partial charge >= 0.3 is 6.18 Å². The number of nitrogens with zero attached hydrogens (tertiary/aromatic N) is 2. The van der Waals surface area contributed by atoms with Gasteiger partial charge in [-0.15, -0.1) is 0 Å². The van der Waals surface area contributed by atoms with Gasteiger partial charge in [0.1, 0.15) is 6.04 Å². The van der Waals surface area contributed by atoms with Crippen LogP contribution in [-0.4, -0.2) is 53.9 Å². The van der Waals surface area contributed by atoms with E-state index in [1.807, 2.05) is 0 Å². The number of likely N-dealkylation sites (tertiary alicyclic amines) is 1. The highest BCUT2D eigenvalue weighted by Gasteiger charge is 2.35. The summed E-state index contributed by atoms with van der Waals surface area (Å²) in [7, 11) is 1.45. The lowest BCUT2D eigenvalue weighted by atomic mass is 9.94. The maximum Gasteiger partial charge on any atom is 0.435 e. The highest BCUT2D eigenvalue weighted by Crippen LogP contribution is 2.32. The standard InChI is InChI=1S/C13H19F3N4O2/c1-22-7-9(17)12(21)20-4-2-3-8(6-20)10-5-11(19-18-10)13(14,15)16/h5,8-9H,2-4,6-7,17H2,1H3,(H,18,19). The maximum absolute atomic E-state index is 12.6. The molecule has 6 nitrogen and oxygen atoms in total. The topological polar surface area (TPSA) is 84.2 Å². The molecule has 2 unspecified atom stereocenters. The van der Waals surface area contributed by atoms with Gasteiger partial charge in [0, 0.05) is 31.8 Å². The van der Waals surface area contributed by atoms with Gasteiger partial charge in [-0.1, -0.05) is 0 Å². The summed E-state index contributed by atoms with van der Waals surface area (Å²) in [5.41, 5.74) is 5.17. The number of H-pyrrole nitrogens is 1. The first-order valence-electron chi connectivity index (χ1n) is 6.98. The summed E-state index contributed by atoms with van der Waals surface area (Å²) in [5, 5.41) is 5.73. The van der Waals surface area contributed by atoms with E-state index in [-0.39, 0.29) is 18.4 Å². The summed E-state index contributed by atoms with van der Waals surface area (Å²) in [6, 6.07) is 0.254. The first-order chi connectivity index (χ1) is 10.3. The Morgan fingerprint density at radius 3 is 2.95 bits per heavy atom. The molecule has 0 spiro atoms. The Balaban J connectivity index is 2.04. The minimum Gasteiger partial charge on any atom is -0.383 e. The SMILES string of the molecule is COCC(N)C(=O)N1CCCC(c2cc(C(F)(F)F)n[nH]2)C1. The second-order valence-corrected chi connectivity index (χ2v) is 5.39. The van der Waals surface area contributed by atoms with Gasteiger partial charge in [0.2, 0.25) is 5.91 Å². The van der Waals surface area contributed by atoms with E-state index in [0.717, 1.165) is 6.07 Å². The van der Waals surface area contributed by atoms with Gasteiger partial charge in [-0.05, 0) is 18.9 Å². The van der Waals surface area contributed by atoms with Crippen LogP contribution in [0.4, 0.5) is 13.2 Å². The molecule has 1 saturated heterocycles. The van der Waals surface area contributed by atoms with Gasteiger partial charge in [-0.25, -0.2) is 0 Å². The third-order valence-corrected chi connectivity index (χ3v) is 3.72. The van der Waals surface area contributed by atoms with Gasteiger partial charge in [-0.2, -0.15) is 18.3 Å². The van der Waals surface area contributed by atoms with E-state index >= 15 is 0 Å². The number of rotatable bonds is 4. The largest absolute Gasteiger partial charge is 0.435 e. The number of alkyl halides is 3. The molecule has 0 bridgehead atoms. The molecule has 2 atom stereocenters. The molecule has 1 aromatic rings. The van der Waals surface area contributed by atoms with Crippen molar-refractivity contribution in [3.8, 4) is 0 Å². The van der Waals surface area contributed by atoms with Crippen LogP contribution in [0.5, 0.6) is 0 Å². The van der Waals surface area contributed by atoms with Crippen LogP contribution in [0, 0.1) is 0 Å². The summed E-state index contributed by atoms with van der Waals surface area (Å²) < 4.78 is 42.6. The van der Waals surface area contributed by atoms with E-state index < -0.39 is 17.9 Å². The van der Waals surface area contributed by atoms with Crippen molar-refractivity contribution in [3.05, 3.63) is 17.5 Å². The van der Waals surface area contributed by atoms with Gasteiger partial charge in [-0.3, -0.25) is 9.89 Å². The summed E-state index contributed by atoms with van der Waals surface area (Å²) in [4.78, 5) is 13.7. The molecule has 2 rings (SSSR count). The zero-order valence-electron chi connectivity index (χ0n) is 12.2. The molecule has 2 heterocycles. The highest BCUT2D eigenvalue weighted by atomic mass is 19.4. The van der Waals surface area contributed by atoms with Crippen LogP contribution in [0.15, 0.2) is 6.07 Å². The van der Waals surface area contributed by atoms with Crippen molar-refractivity contribution in [1.82, 2.24) is 15.1 Å². The van der Waals surface area contributed by atoms with Crippen LogP contribution in [0.2, 0.25) is 0 Å². The van der Waals surface area contributed by atoms with Gasteiger partial charge in [0.15, 0.2) is 5.69 Å². The first-order valence-corrected chi connectivity index (χ1v) is 6.98. The summed E-state index contributed by atoms with van der Waals surface area (Å²) >= 11 is 0. The van der Waals surface area contributed by atoms with Gasteiger partial charge in [0.05, 0.1) is 6.61 Å². The minimum absolute atomic E-state index is 0.113. The van der Waals surface area contributed by atoms with Crippen molar-refractivity contribution in [2.24, 2.45) is 5.73 Å².